The van der Waals surface area contributed by atoms with E-state index in [-0.39, 0.29) is 6.04 Å². The molecule has 0 saturated heterocycles. The van der Waals surface area contributed by atoms with E-state index in [2.05, 4.69) is 74.1 Å². The van der Waals surface area contributed by atoms with Gasteiger partial charge in [0, 0.05) is 15.4 Å². The zero-order valence-corrected chi connectivity index (χ0v) is 15.7. The molecule has 1 aromatic carbocycles. The highest BCUT2D eigenvalue weighted by molar-refractivity contribution is 9.10. The first-order valence-corrected chi connectivity index (χ1v) is 9.01. The van der Waals surface area contributed by atoms with Crippen LogP contribution in [0.25, 0.3) is 0 Å². The van der Waals surface area contributed by atoms with Crippen molar-refractivity contribution in [2.75, 3.05) is 0 Å². The summed E-state index contributed by atoms with van der Waals surface area (Å²) in [5.74, 6) is 0. The second-order valence-electron chi connectivity index (χ2n) is 5.69. The Labute approximate surface area is 140 Å². The van der Waals surface area contributed by atoms with Gasteiger partial charge in [0.05, 0.1) is 11.7 Å². The van der Waals surface area contributed by atoms with Crippen molar-refractivity contribution >= 4 is 27.3 Å². The Morgan fingerprint density at radius 2 is 2.00 bits per heavy atom. The van der Waals surface area contributed by atoms with Gasteiger partial charge in [0.25, 0.3) is 0 Å². The molecule has 1 N–H and O–H groups in total. The Hall–Kier alpha value is -0.710. The predicted molar refractivity (Wildman–Crippen MR) is 95.2 cm³/mol. The summed E-state index contributed by atoms with van der Waals surface area (Å²) < 4.78 is 1.14. The van der Waals surface area contributed by atoms with Gasteiger partial charge in [0.1, 0.15) is 5.01 Å². The first-order chi connectivity index (χ1) is 9.92. The van der Waals surface area contributed by atoms with Crippen molar-refractivity contribution in [1.29, 1.82) is 0 Å². The van der Waals surface area contributed by atoms with Gasteiger partial charge < -0.3 is 5.32 Å². The SMILES string of the molecule is CCc1nc(C(NC(C)C)c2ccc(C)cc2Br)sc1C. The van der Waals surface area contributed by atoms with Crippen LogP contribution in [0.3, 0.4) is 0 Å². The van der Waals surface area contributed by atoms with Gasteiger partial charge in [0.15, 0.2) is 0 Å². The molecule has 1 aromatic heterocycles. The number of rotatable bonds is 5. The van der Waals surface area contributed by atoms with Crippen LogP contribution in [-0.2, 0) is 6.42 Å². The average Bonchev–Trinajstić information content (AvgIpc) is 2.77. The molecular weight excluding hydrogens is 344 g/mol. The molecule has 0 bridgehead atoms. The standard InChI is InChI=1S/C17H23BrN2S/c1-6-15-12(5)21-17(20-15)16(19-10(2)3)13-8-7-11(4)9-14(13)18/h7-10,16,19H,6H2,1-5H3. The maximum atomic E-state index is 4.86. The van der Waals surface area contributed by atoms with Crippen LogP contribution in [0.15, 0.2) is 22.7 Å². The number of nitrogens with one attached hydrogen (secondary N) is 1. The molecule has 0 aliphatic rings. The van der Waals surface area contributed by atoms with Gasteiger partial charge in [-0.25, -0.2) is 4.98 Å². The van der Waals surface area contributed by atoms with E-state index in [1.54, 1.807) is 11.3 Å². The number of halogens is 1. The zero-order valence-electron chi connectivity index (χ0n) is 13.3. The van der Waals surface area contributed by atoms with Gasteiger partial charge >= 0.3 is 0 Å². The molecule has 21 heavy (non-hydrogen) atoms. The maximum absolute atomic E-state index is 4.86. The quantitative estimate of drug-likeness (QED) is 0.788. The Balaban J connectivity index is 2.46. The lowest BCUT2D eigenvalue weighted by Crippen LogP contribution is -2.29. The molecule has 2 nitrogen and oxygen atoms in total. The molecule has 0 saturated carbocycles. The lowest BCUT2D eigenvalue weighted by Gasteiger charge is -2.21. The van der Waals surface area contributed by atoms with Crippen LogP contribution in [0, 0.1) is 13.8 Å². The third-order valence-corrected chi connectivity index (χ3v) is 5.22. The number of thiazole rings is 1. The van der Waals surface area contributed by atoms with E-state index in [1.807, 2.05) is 0 Å². The molecule has 0 aliphatic heterocycles. The largest absolute Gasteiger partial charge is 0.302 e. The van der Waals surface area contributed by atoms with Crippen molar-refractivity contribution < 1.29 is 0 Å². The van der Waals surface area contributed by atoms with E-state index in [0.29, 0.717) is 6.04 Å². The summed E-state index contributed by atoms with van der Waals surface area (Å²) in [6.45, 7) is 10.8. The highest BCUT2D eigenvalue weighted by Gasteiger charge is 2.22. The Morgan fingerprint density at radius 1 is 1.29 bits per heavy atom. The monoisotopic (exact) mass is 366 g/mol. The van der Waals surface area contributed by atoms with Crippen LogP contribution in [0.1, 0.15) is 53.5 Å². The van der Waals surface area contributed by atoms with Crippen molar-refractivity contribution in [3.8, 4) is 0 Å². The third-order valence-electron chi connectivity index (χ3n) is 3.46. The highest BCUT2D eigenvalue weighted by Crippen LogP contribution is 2.33. The van der Waals surface area contributed by atoms with Crippen molar-refractivity contribution in [3.05, 3.63) is 49.4 Å². The summed E-state index contributed by atoms with van der Waals surface area (Å²) in [5, 5.41) is 4.81. The molecule has 114 valence electrons. The molecule has 4 heteroatoms. The summed E-state index contributed by atoms with van der Waals surface area (Å²) in [6, 6.07) is 7.07. The van der Waals surface area contributed by atoms with Gasteiger partial charge in [0.2, 0.25) is 0 Å². The molecule has 0 fully saturated rings. The summed E-state index contributed by atoms with van der Waals surface area (Å²) in [7, 11) is 0. The maximum Gasteiger partial charge on any atom is 0.115 e. The van der Waals surface area contributed by atoms with Crippen LogP contribution in [0.2, 0.25) is 0 Å². The second-order valence-corrected chi connectivity index (χ2v) is 7.78. The number of benzene rings is 1. The Morgan fingerprint density at radius 3 is 2.52 bits per heavy atom. The van der Waals surface area contributed by atoms with E-state index in [9.17, 15) is 0 Å². The fourth-order valence-corrected chi connectivity index (χ4v) is 4.21. The smallest absolute Gasteiger partial charge is 0.115 e. The molecule has 1 heterocycles. The Bertz CT molecular complexity index is 619. The molecular formula is C17H23BrN2S. The van der Waals surface area contributed by atoms with Crippen molar-refractivity contribution in [2.24, 2.45) is 0 Å². The molecule has 2 rings (SSSR count). The van der Waals surface area contributed by atoms with E-state index < -0.39 is 0 Å². The lowest BCUT2D eigenvalue weighted by molar-refractivity contribution is 0.525. The normalized spacial score (nSPS) is 12.9. The van der Waals surface area contributed by atoms with Crippen molar-refractivity contribution in [2.45, 2.75) is 53.1 Å². The highest BCUT2D eigenvalue weighted by atomic mass is 79.9. The van der Waals surface area contributed by atoms with Gasteiger partial charge in [-0.05, 0) is 51.3 Å². The third kappa shape index (κ3) is 3.93. The Kier molecular flexibility index (Phi) is 5.58. The number of aryl methyl sites for hydroxylation is 3. The average molecular weight is 367 g/mol. The second kappa shape index (κ2) is 7.03. The van der Waals surface area contributed by atoms with Crippen molar-refractivity contribution in [3.63, 3.8) is 0 Å². The first kappa shape index (κ1) is 16.7. The van der Waals surface area contributed by atoms with Crippen LogP contribution >= 0.6 is 27.3 Å². The predicted octanol–water partition coefficient (Wildman–Crippen LogP) is 5.17. The van der Waals surface area contributed by atoms with Crippen LogP contribution in [-0.4, -0.2) is 11.0 Å². The van der Waals surface area contributed by atoms with Crippen LogP contribution in [0.5, 0.6) is 0 Å². The molecule has 1 unspecified atom stereocenters. The first-order valence-electron chi connectivity index (χ1n) is 7.40. The van der Waals surface area contributed by atoms with Gasteiger partial charge in [-0.3, -0.25) is 0 Å². The van der Waals surface area contributed by atoms with Gasteiger partial charge in [-0.1, -0.05) is 35.0 Å². The minimum atomic E-state index is 0.143. The van der Waals surface area contributed by atoms with Crippen LogP contribution < -0.4 is 5.32 Å². The summed E-state index contributed by atoms with van der Waals surface area (Å²) >= 11 is 5.52. The molecule has 2 aromatic rings. The van der Waals surface area contributed by atoms with Gasteiger partial charge in [-0.2, -0.15) is 0 Å². The topological polar surface area (TPSA) is 24.9 Å². The molecule has 0 radical (unpaired) electrons. The van der Waals surface area contributed by atoms with E-state index in [4.69, 9.17) is 4.98 Å². The fraction of sp³-hybridized carbons (Fsp3) is 0.471. The minimum absolute atomic E-state index is 0.143. The van der Waals surface area contributed by atoms with E-state index >= 15 is 0 Å². The number of hydrogen-bond donors (Lipinski definition) is 1. The minimum Gasteiger partial charge on any atom is -0.302 e. The van der Waals surface area contributed by atoms with Crippen LogP contribution in [0.4, 0.5) is 0 Å². The molecule has 1 atom stereocenters. The molecule has 0 aliphatic carbocycles. The zero-order chi connectivity index (χ0) is 15.6. The summed E-state index contributed by atoms with van der Waals surface area (Å²) in [6.07, 6.45) is 0.992. The summed E-state index contributed by atoms with van der Waals surface area (Å²) in [4.78, 5) is 6.18. The molecule has 0 amide bonds. The van der Waals surface area contributed by atoms with E-state index in [1.165, 1.54) is 21.7 Å². The number of aromatic nitrogens is 1. The lowest BCUT2D eigenvalue weighted by atomic mass is 10.0. The van der Waals surface area contributed by atoms with E-state index in [0.717, 1.165) is 15.9 Å². The molecule has 0 spiro atoms. The summed E-state index contributed by atoms with van der Waals surface area (Å²) in [5.41, 5.74) is 3.73. The number of nitrogens with zero attached hydrogens (tertiary/aromatic N) is 1. The van der Waals surface area contributed by atoms with Crippen molar-refractivity contribution in [1.82, 2.24) is 10.3 Å². The van der Waals surface area contributed by atoms with Gasteiger partial charge in [-0.15, -0.1) is 11.3 Å². The number of hydrogen-bond acceptors (Lipinski definition) is 3. The fourth-order valence-electron chi connectivity index (χ4n) is 2.40.